The van der Waals surface area contributed by atoms with E-state index in [-0.39, 0.29) is 11.8 Å². The van der Waals surface area contributed by atoms with Crippen LogP contribution < -0.4 is 10.1 Å². The van der Waals surface area contributed by atoms with E-state index >= 15 is 0 Å². The Morgan fingerprint density at radius 1 is 1.30 bits per heavy atom. The molecule has 2 rings (SSSR count). The van der Waals surface area contributed by atoms with Crippen molar-refractivity contribution in [2.24, 2.45) is 0 Å². The van der Waals surface area contributed by atoms with Crippen LogP contribution in [0, 0.1) is 5.82 Å². The second-order valence-corrected chi connectivity index (χ2v) is 4.62. The van der Waals surface area contributed by atoms with Gasteiger partial charge in [0.1, 0.15) is 0 Å². The Morgan fingerprint density at radius 2 is 2.05 bits per heavy atom. The fourth-order valence-electron chi connectivity index (χ4n) is 1.49. The van der Waals surface area contributed by atoms with Crippen molar-refractivity contribution in [3.63, 3.8) is 0 Å². The highest BCUT2D eigenvalue weighted by Gasteiger charge is 2.08. The molecule has 0 radical (unpaired) electrons. The standard InChI is InChI=1S/C14H15ClFN3O/c1-2-3-8-20-14-17-9-12(16)13(19-14)18-11-6-4-10(15)5-7-11/h4-7,9H,2-3,8H2,1H3,(H,17,18,19). The number of rotatable bonds is 6. The van der Waals surface area contributed by atoms with Crippen LogP contribution in [0.3, 0.4) is 0 Å². The van der Waals surface area contributed by atoms with Crippen molar-refractivity contribution in [1.82, 2.24) is 9.97 Å². The highest BCUT2D eigenvalue weighted by molar-refractivity contribution is 6.30. The third kappa shape index (κ3) is 4.06. The lowest BCUT2D eigenvalue weighted by Crippen LogP contribution is -2.04. The highest BCUT2D eigenvalue weighted by Crippen LogP contribution is 2.20. The third-order valence-electron chi connectivity index (χ3n) is 2.56. The summed E-state index contributed by atoms with van der Waals surface area (Å²) >= 11 is 5.79. The third-order valence-corrected chi connectivity index (χ3v) is 2.81. The van der Waals surface area contributed by atoms with Gasteiger partial charge >= 0.3 is 6.01 Å². The zero-order valence-corrected chi connectivity index (χ0v) is 11.8. The molecule has 0 aliphatic heterocycles. The van der Waals surface area contributed by atoms with Gasteiger partial charge in [-0.2, -0.15) is 4.98 Å². The van der Waals surface area contributed by atoms with Gasteiger partial charge in [-0.1, -0.05) is 24.9 Å². The van der Waals surface area contributed by atoms with E-state index in [1.165, 1.54) is 0 Å². The van der Waals surface area contributed by atoms with Crippen molar-refractivity contribution < 1.29 is 9.13 Å². The van der Waals surface area contributed by atoms with Crippen LogP contribution in [0.4, 0.5) is 15.9 Å². The zero-order valence-electron chi connectivity index (χ0n) is 11.1. The smallest absolute Gasteiger partial charge is 0.318 e. The zero-order chi connectivity index (χ0) is 14.4. The Hall–Kier alpha value is -1.88. The predicted molar refractivity (Wildman–Crippen MR) is 77.1 cm³/mol. The summed E-state index contributed by atoms with van der Waals surface area (Å²) in [6.45, 7) is 2.57. The van der Waals surface area contributed by atoms with Gasteiger partial charge in [-0.05, 0) is 30.7 Å². The first-order valence-electron chi connectivity index (χ1n) is 6.37. The molecule has 106 valence electrons. The summed E-state index contributed by atoms with van der Waals surface area (Å²) in [5.41, 5.74) is 0.687. The molecular formula is C14H15ClFN3O. The van der Waals surface area contributed by atoms with E-state index in [9.17, 15) is 4.39 Å². The molecule has 0 bridgehead atoms. The van der Waals surface area contributed by atoms with E-state index in [2.05, 4.69) is 22.2 Å². The molecule has 0 aliphatic rings. The largest absolute Gasteiger partial charge is 0.463 e. The van der Waals surface area contributed by atoms with Crippen molar-refractivity contribution in [3.8, 4) is 6.01 Å². The number of anilines is 2. The van der Waals surface area contributed by atoms with E-state index in [4.69, 9.17) is 16.3 Å². The van der Waals surface area contributed by atoms with Crippen LogP contribution in [-0.4, -0.2) is 16.6 Å². The first-order chi connectivity index (χ1) is 9.69. The maximum absolute atomic E-state index is 13.7. The van der Waals surface area contributed by atoms with E-state index in [0.29, 0.717) is 17.3 Å². The minimum Gasteiger partial charge on any atom is -0.463 e. The van der Waals surface area contributed by atoms with Crippen molar-refractivity contribution >= 4 is 23.1 Å². The molecule has 0 aliphatic carbocycles. The van der Waals surface area contributed by atoms with Crippen molar-refractivity contribution in [3.05, 3.63) is 41.3 Å². The summed E-state index contributed by atoms with van der Waals surface area (Å²) in [6, 6.07) is 7.06. The normalized spacial score (nSPS) is 10.3. The number of aromatic nitrogens is 2. The molecule has 1 N–H and O–H groups in total. The number of halogens is 2. The maximum atomic E-state index is 13.7. The van der Waals surface area contributed by atoms with Crippen LogP contribution in [0.25, 0.3) is 0 Å². The van der Waals surface area contributed by atoms with Gasteiger partial charge in [0.2, 0.25) is 0 Å². The van der Waals surface area contributed by atoms with E-state index in [0.717, 1.165) is 19.0 Å². The summed E-state index contributed by atoms with van der Waals surface area (Å²) in [4.78, 5) is 7.81. The lowest BCUT2D eigenvalue weighted by atomic mass is 10.3. The maximum Gasteiger partial charge on any atom is 0.318 e. The Kier molecular flexibility index (Phi) is 5.12. The monoisotopic (exact) mass is 295 g/mol. The Balaban J connectivity index is 2.09. The van der Waals surface area contributed by atoms with Crippen LogP contribution in [-0.2, 0) is 0 Å². The summed E-state index contributed by atoms with van der Waals surface area (Å²) in [7, 11) is 0. The summed E-state index contributed by atoms with van der Waals surface area (Å²) in [5, 5.41) is 3.48. The molecule has 1 aromatic heterocycles. The second kappa shape index (κ2) is 7.05. The van der Waals surface area contributed by atoms with Gasteiger partial charge in [0, 0.05) is 10.7 Å². The molecule has 0 saturated carbocycles. The number of hydrogen-bond acceptors (Lipinski definition) is 4. The molecule has 4 nitrogen and oxygen atoms in total. The fourth-order valence-corrected chi connectivity index (χ4v) is 1.61. The summed E-state index contributed by atoms with van der Waals surface area (Å²) < 4.78 is 19.0. The van der Waals surface area contributed by atoms with Gasteiger partial charge in [0.05, 0.1) is 12.8 Å². The number of benzene rings is 1. The molecule has 0 fully saturated rings. The van der Waals surface area contributed by atoms with Crippen LogP contribution in [0.5, 0.6) is 6.01 Å². The number of hydrogen-bond donors (Lipinski definition) is 1. The minimum absolute atomic E-state index is 0.0776. The molecule has 0 atom stereocenters. The molecular weight excluding hydrogens is 281 g/mol. The number of ether oxygens (including phenoxy) is 1. The molecule has 0 unspecified atom stereocenters. The molecule has 1 aromatic carbocycles. The van der Waals surface area contributed by atoms with Crippen LogP contribution in [0.2, 0.25) is 5.02 Å². The number of unbranched alkanes of at least 4 members (excludes halogenated alkanes) is 1. The molecule has 20 heavy (non-hydrogen) atoms. The fraction of sp³-hybridized carbons (Fsp3) is 0.286. The quantitative estimate of drug-likeness (QED) is 0.812. The van der Waals surface area contributed by atoms with Crippen LogP contribution in [0.15, 0.2) is 30.5 Å². The van der Waals surface area contributed by atoms with Crippen molar-refractivity contribution in [1.29, 1.82) is 0 Å². The molecule has 0 amide bonds. The van der Waals surface area contributed by atoms with Gasteiger partial charge in [-0.15, -0.1) is 0 Å². The van der Waals surface area contributed by atoms with Gasteiger partial charge < -0.3 is 10.1 Å². The van der Waals surface area contributed by atoms with E-state index in [1.807, 2.05) is 0 Å². The number of nitrogens with one attached hydrogen (secondary N) is 1. The second-order valence-electron chi connectivity index (χ2n) is 4.18. The van der Waals surface area contributed by atoms with Gasteiger partial charge in [0.15, 0.2) is 11.6 Å². The van der Waals surface area contributed by atoms with E-state index < -0.39 is 5.82 Å². The SMILES string of the molecule is CCCCOc1ncc(F)c(Nc2ccc(Cl)cc2)n1. The highest BCUT2D eigenvalue weighted by atomic mass is 35.5. The van der Waals surface area contributed by atoms with Crippen molar-refractivity contribution in [2.75, 3.05) is 11.9 Å². The molecule has 0 spiro atoms. The first kappa shape index (κ1) is 14.5. The molecule has 6 heteroatoms. The first-order valence-corrected chi connectivity index (χ1v) is 6.74. The van der Waals surface area contributed by atoms with E-state index in [1.54, 1.807) is 24.3 Å². The van der Waals surface area contributed by atoms with Gasteiger partial charge in [0.25, 0.3) is 0 Å². The minimum atomic E-state index is -0.539. The Morgan fingerprint density at radius 3 is 2.75 bits per heavy atom. The van der Waals surface area contributed by atoms with Crippen molar-refractivity contribution in [2.45, 2.75) is 19.8 Å². The Bertz CT molecular complexity index is 563. The predicted octanol–water partition coefficient (Wildman–Crippen LogP) is 4.19. The molecule has 0 saturated heterocycles. The lowest BCUT2D eigenvalue weighted by molar-refractivity contribution is 0.284. The lowest BCUT2D eigenvalue weighted by Gasteiger charge is -2.08. The summed E-state index contributed by atoms with van der Waals surface area (Å²) in [5.74, 6) is -0.461. The molecule has 2 aromatic rings. The van der Waals surface area contributed by atoms with Gasteiger partial charge in [-0.25, -0.2) is 9.37 Å². The number of nitrogens with zero attached hydrogens (tertiary/aromatic N) is 2. The van der Waals surface area contributed by atoms with Gasteiger partial charge in [-0.3, -0.25) is 0 Å². The van der Waals surface area contributed by atoms with Crippen LogP contribution >= 0.6 is 11.6 Å². The average Bonchev–Trinajstić information content (AvgIpc) is 2.45. The van der Waals surface area contributed by atoms with Crippen LogP contribution in [0.1, 0.15) is 19.8 Å². The summed E-state index contributed by atoms with van der Waals surface area (Å²) in [6.07, 6.45) is 3.00. The average molecular weight is 296 g/mol. The molecule has 1 heterocycles. The topological polar surface area (TPSA) is 47.0 Å². The Labute approximate surface area is 122 Å².